The molecular formula is C26H34BrN5O6. The van der Waals surface area contributed by atoms with Gasteiger partial charge in [-0.05, 0) is 55.8 Å². The van der Waals surface area contributed by atoms with Crippen LogP contribution in [0.15, 0.2) is 35.2 Å². The van der Waals surface area contributed by atoms with Crippen LogP contribution in [0.3, 0.4) is 0 Å². The van der Waals surface area contributed by atoms with Gasteiger partial charge in [0.1, 0.15) is 39.1 Å². The summed E-state index contributed by atoms with van der Waals surface area (Å²) in [5.74, 6) is 2.61. The lowest BCUT2D eigenvalue weighted by molar-refractivity contribution is -0.0994. The van der Waals surface area contributed by atoms with Crippen molar-refractivity contribution in [1.82, 2.24) is 19.3 Å². The topological polar surface area (TPSA) is 120 Å². The van der Waals surface area contributed by atoms with Crippen LogP contribution < -0.4 is 14.8 Å². The summed E-state index contributed by atoms with van der Waals surface area (Å²) in [7, 11) is 3.23. The zero-order valence-electron chi connectivity index (χ0n) is 22.4. The molecule has 2 aromatic heterocycles. The lowest BCUT2D eigenvalue weighted by Crippen LogP contribution is -2.55. The molecule has 11 nitrogen and oxygen atoms in total. The summed E-state index contributed by atoms with van der Waals surface area (Å²) in [6, 6.07) is 5.10. The molecule has 0 radical (unpaired) electrons. The van der Waals surface area contributed by atoms with Crippen LogP contribution in [0.25, 0.3) is 5.52 Å². The van der Waals surface area contributed by atoms with Gasteiger partial charge in [-0.2, -0.15) is 0 Å². The Balaban J connectivity index is 1.60. The molecule has 4 rings (SSSR count). The Morgan fingerprint density at radius 2 is 2.08 bits per heavy atom. The molecule has 0 bridgehead atoms. The van der Waals surface area contributed by atoms with Crippen LogP contribution in [-0.4, -0.2) is 75.6 Å². The summed E-state index contributed by atoms with van der Waals surface area (Å²) in [5.41, 5.74) is 0.983. The molecule has 0 saturated carbocycles. The van der Waals surface area contributed by atoms with Gasteiger partial charge < -0.3 is 29.4 Å². The molecule has 2 N–H and O–H groups in total. The highest BCUT2D eigenvalue weighted by Crippen LogP contribution is 2.33. The average Bonchev–Trinajstić information content (AvgIpc) is 3.22. The lowest BCUT2D eigenvalue weighted by Gasteiger charge is -2.40. The maximum atomic E-state index is 13.0. The second kappa shape index (κ2) is 11.3. The van der Waals surface area contributed by atoms with Crippen molar-refractivity contribution in [2.75, 3.05) is 32.7 Å². The number of ether oxygens (including phenoxy) is 4. The zero-order valence-corrected chi connectivity index (χ0v) is 24.0. The number of nitrogens with zero attached hydrogens (tertiary/aromatic N) is 4. The van der Waals surface area contributed by atoms with Gasteiger partial charge in [-0.1, -0.05) is 0 Å². The summed E-state index contributed by atoms with van der Waals surface area (Å²) < 4.78 is 25.0. The quantitative estimate of drug-likeness (QED) is 0.417. The molecule has 0 spiro atoms. The summed E-state index contributed by atoms with van der Waals surface area (Å²) in [5, 5.41) is 13.7. The number of carbonyl (C=O) groups excluding carboxylic acids is 1. The number of carbonyl (C=O) groups is 1. The van der Waals surface area contributed by atoms with Gasteiger partial charge in [-0.3, -0.25) is 9.30 Å². The molecule has 1 aromatic carbocycles. The number of fused-ring (bicyclic) bond motifs is 1. The number of rotatable bonds is 7. The number of amides is 1. The minimum absolute atomic E-state index is 0.140. The summed E-state index contributed by atoms with van der Waals surface area (Å²) in [4.78, 5) is 23.8. The van der Waals surface area contributed by atoms with Crippen molar-refractivity contribution in [3.05, 3.63) is 46.6 Å². The molecule has 1 unspecified atom stereocenters. The minimum Gasteiger partial charge on any atom is -0.497 e. The van der Waals surface area contributed by atoms with Crippen molar-refractivity contribution in [1.29, 1.82) is 0 Å². The molecule has 1 amide bonds. The lowest BCUT2D eigenvalue weighted by atomic mass is 10.1. The van der Waals surface area contributed by atoms with E-state index in [4.69, 9.17) is 23.9 Å². The van der Waals surface area contributed by atoms with Gasteiger partial charge in [0, 0.05) is 30.6 Å². The fourth-order valence-corrected chi connectivity index (χ4v) is 4.87. The number of methoxy groups -OCH3 is 2. The van der Waals surface area contributed by atoms with E-state index in [1.54, 1.807) is 33.5 Å². The van der Waals surface area contributed by atoms with E-state index in [1.165, 1.54) is 4.90 Å². The number of aliphatic hydroxyl groups is 1. The largest absolute Gasteiger partial charge is 0.497 e. The van der Waals surface area contributed by atoms with Crippen LogP contribution in [0.1, 0.15) is 45.2 Å². The Bertz CT molecular complexity index is 1290. The Hall–Kier alpha value is -3.09. The Morgan fingerprint density at radius 1 is 1.32 bits per heavy atom. The number of anilines is 1. The predicted octanol–water partition coefficient (Wildman–Crippen LogP) is 4.18. The number of hydrogen-bond donors (Lipinski definition) is 2. The van der Waals surface area contributed by atoms with E-state index in [1.807, 2.05) is 43.4 Å². The fraction of sp³-hybridized carbons (Fsp3) is 0.500. The molecule has 12 heteroatoms. The van der Waals surface area contributed by atoms with Gasteiger partial charge in [0.25, 0.3) is 0 Å². The standard InChI is InChI=1S/C26H34BrN5O6/c1-15(33)18-14-37-20(13-32(18)25(34)38-26(2,3)4)24-30-22(27)21-23(28-9-10-31(21)24)29-12-16-7-8-17(35-5)11-19(16)36-6/h7-11,15,18,20,33H,12-14H2,1-6H3,(H,28,29)/t15?,18-,20+/m0/s1. The third kappa shape index (κ3) is 5.97. The number of nitrogens with one attached hydrogen (secondary N) is 1. The maximum absolute atomic E-state index is 13.0. The van der Waals surface area contributed by atoms with Gasteiger partial charge in [0.15, 0.2) is 5.82 Å². The number of benzene rings is 1. The average molecular weight is 592 g/mol. The number of imidazole rings is 1. The molecule has 3 aromatic rings. The van der Waals surface area contributed by atoms with Crippen molar-refractivity contribution in [3.63, 3.8) is 0 Å². The van der Waals surface area contributed by atoms with E-state index in [2.05, 4.69) is 26.2 Å². The number of aromatic nitrogens is 3. The third-order valence-corrected chi connectivity index (χ3v) is 6.74. The molecule has 1 aliphatic heterocycles. The maximum Gasteiger partial charge on any atom is 0.410 e. The summed E-state index contributed by atoms with van der Waals surface area (Å²) >= 11 is 3.57. The molecule has 1 fully saturated rings. The van der Waals surface area contributed by atoms with E-state index in [0.717, 1.165) is 11.1 Å². The first-order valence-corrected chi connectivity index (χ1v) is 13.1. The van der Waals surface area contributed by atoms with E-state index in [9.17, 15) is 9.90 Å². The highest BCUT2D eigenvalue weighted by Gasteiger charge is 2.39. The number of halogens is 1. The van der Waals surface area contributed by atoms with Crippen molar-refractivity contribution in [3.8, 4) is 11.5 Å². The van der Waals surface area contributed by atoms with E-state index < -0.39 is 29.9 Å². The number of aliphatic hydroxyl groups excluding tert-OH is 1. The van der Waals surface area contributed by atoms with Crippen LogP contribution in [0.5, 0.6) is 11.5 Å². The van der Waals surface area contributed by atoms with Crippen LogP contribution in [0, 0.1) is 0 Å². The normalized spacial score (nSPS) is 18.8. The van der Waals surface area contributed by atoms with Gasteiger partial charge in [-0.15, -0.1) is 0 Å². The van der Waals surface area contributed by atoms with Crippen molar-refractivity contribution >= 4 is 33.4 Å². The second-order valence-corrected chi connectivity index (χ2v) is 10.8. The zero-order chi connectivity index (χ0) is 27.6. The molecule has 0 aliphatic carbocycles. The van der Waals surface area contributed by atoms with Crippen molar-refractivity contribution in [2.24, 2.45) is 0 Å². The predicted molar refractivity (Wildman–Crippen MR) is 145 cm³/mol. The first kappa shape index (κ1) is 27.9. The highest BCUT2D eigenvalue weighted by atomic mass is 79.9. The minimum atomic E-state index is -0.790. The molecule has 206 valence electrons. The smallest absolute Gasteiger partial charge is 0.410 e. The summed E-state index contributed by atoms with van der Waals surface area (Å²) in [6.07, 6.45) is 1.62. The number of morpholine rings is 1. The van der Waals surface area contributed by atoms with E-state index >= 15 is 0 Å². The molecule has 3 atom stereocenters. The number of hydrogen-bond acceptors (Lipinski definition) is 9. The van der Waals surface area contributed by atoms with Crippen LogP contribution in [0.2, 0.25) is 0 Å². The third-order valence-electron chi connectivity index (χ3n) is 6.18. The fourth-order valence-electron chi connectivity index (χ4n) is 4.31. The van der Waals surface area contributed by atoms with Gasteiger partial charge in [-0.25, -0.2) is 14.8 Å². The molecule has 38 heavy (non-hydrogen) atoms. The Morgan fingerprint density at radius 3 is 2.74 bits per heavy atom. The van der Waals surface area contributed by atoms with Gasteiger partial charge in [0.05, 0.1) is 39.5 Å². The van der Waals surface area contributed by atoms with Crippen molar-refractivity contribution < 1.29 is 28.8 Å². The second-order valence-electron chi connectivity index (χ2n) is 10.0. The Labute approximate surface area is 230 Å². The van der Waals surface area contributed by atoms with Crippen LogP contribution in [-0.2, 0) is 16.0 Å². The molecule has 1 saturated heterocycles. The summed E-state index contributed by atoms with van der Waals surface area (Å²) in [6.45, 7) is 7.82. The highest BCUT2D eigenvalue weighted by molar-refractivity contribution is 9.10. The van der Waals surface area contributed by atoms with E-state index in [0.29, 0.717) is 34.3 Å². The van der Waals surface area contributed by atoms with Crippen molar-refractivity contribution in [2.45, 2.75) is 58.1 Å². The van der Waals surface area contributed by atoms with Gasteiger partial charge >= 0.3 is 6.09 Å². The first-order valence-electron chi connectivity index (χ1n) is 12.3. The van der Waals surface area contributed by atoms with Gasteiger partial charge in [0.2, 0.25) is 0 Å². The molecule has 1 aliphatic rings. The van der Waals surface area contributed by atoms with E-state index in [-0.39, 0.29) is 13.2 Å². The molecular weight excluding hydrogens is 558 g/mol. The van der Waals surface area contributed by atoms with Crippen LogP contribution in [0.4, 0.5) is 10.6 Å². The van der Waals surface area contributed by atoms with Crippen LogP contribution >= 0.6 is 15.9 Å². The Kier molecular flexibility index (Phi) is 8.34. The molecule has 3 heterocycles. The monoisotopic (exact) mass is 591 g/mol. The SMILES string of the molecule is COc1ccc(CNc2nccn3c([C@H]4CN(C(=O)OC(C)(C)C)[C@H](C(C)O)CO4)nc(Br)c23)c(OC)c1. The first-order chi connectivity index (χ1) is 18.0.